The number of esters is 1. The summed E-state index contributed by atoms with van der Waals surface area (Å²) < 4.78 is 10.3. The molecule has 0 aliphatic carbocycles. The number of anilines is 1. The van der Waals surface area contributed by atoms with Gasteiger partial charge in [-0.3, -0.25) is 9.59 Å². The molecule has 1 aromatic carbocycles. The van der Waals surface area contributed by atoms with E-state index in [1.807, 2.05) is 23.6 Å². The summed E-state index contributed by atoms with van der Waals surface area (Å²) in [5.74, 6) is -0.225. The van der Waals surface area contributed by atoms with E-state index in [0.29, 0.717) is 17.9 Å². The Bertz CT molecular complexity index is 654. The maximum Gasteiger partial charge on any atom is 0.306 e. The molecule has 1 N–H and O–H groups in total. The van der Waals surface area contributed by atoms with Crippen LogP contribution in [0.2, 0.25) is 0 Å². The fourth-order valence-electron chi connectivity index (χ4n) is 1.97. The zero-order chi connectivity index (χ0) is 16.7. The number of para-hydroxylation sites is 2. The number of hydrogen-bond acceptors (Lipinski definition) is 5. The molecule has 0 spiro atoms. The highest BCUT2D eigenvalue weighted by Crippen LogP contribution is 2.23. The lowest BCUT2D eigenvalue weighted by atomic mass is 10.2. The van der Waals surface area contributed by atoms with Crippen LogP contribution in [0, 0.1) is 0 Å². The lowest BCUT2D eigenvalue weighted by molar-refractivity contribution is -0.153. The van der Waals surface area contributed by atoms with Crippen LogP contribution in [-0.2, 0) is 20.7 Å². The highest BCUT2D eigenvalue weighted by molar-refractivity contribution is 7.09. The predicted octanol–water partition coefficient (Wildman–Crippen LogP) is 3.26. The Morgan fingerprint density at radius 1 is 1.22 bits per heavy atom. The minimum Gasteiger partial charge on any atom is -0.495 e. The topological polar surface area (TPSA) is 64.6 Å². The van der Waals surface area contributed by atoms with Crippen molar-refractivity contribution < 1.29 is 19.1 Å². The van der Waals surface area contributed by atoms with Gasteiger partial charge in [-0.1, -0.05) is 18.2 Å². The zero-order valence-corrected chi connectivity index (χ0v) is 13.9. The van der Waals surface area contributed by atoms with E-state index in [2.05, 4.69) is 5.32 Å². The van der Waals surface area contributed by atoms with E-state index in [9.17, 15) is 9.59 Å². The quantitative estimate of drug-likeness (QED) is 0.790. The molecule has 0 saturated heterocycles. The average Bonchev–Trinajstić information content (AvgIpc) is 3.06. The molecule has 5 nitrogen and oxygen atoms in total. The van der Waals surface area contributed by atoms with Gasteiger partial charge in [0.25, 0.3) is 5.91 Å². The van der Waals surface area contributed by atoms with Crippen LogP contribution in [0.4, 0.5) is 5.69 Å². The second-order valence-electron chi connectivity index (χ2n) is 4.90. The normalized spacial score (nSPS) is 11.6. The smallest absolute Gasteiger partial charge is 0.306 e. The summed E-state index contributed by atoms with van der Waals surface area (Å²) in [5, 5.41) is 4.66. The van der Waals surface area contributed by atoms with Crippen molar-refractivity contribution in [1.29, 1.82) is 0 Å². The van der Waals surface area contributed by atoms with Gasteiger partial charge in [0, 0.05) is 4.88 Å². The monoisotopic (exact) mass is 333 g/mol. The first-order valence-electron chi connectivity index (χ1n) is 7.26. The molecule has 2 rings (SSSR count). The number of ether oxygens (including phenoxy) is 2. The van der Waals surface area contributed by atoms with Crippen LogP contribution >= 0.6 is 11.3 Å². The van der Waals surface area contributed by atoms with Crippen molar-refractivity contribution in [2.75, 3.05) is 12.4 Å². The first-order chi connectivity index (χ1) is 11.1. The summed E-state index contributed by atoms with van der Waals surface area (Å²) in [6, 6.07) is 11.0. The van der Waals surface area contributed by atoms with Crippen LogP contribution in [0.1, 0.15) is 18.2 Å². The number of rotatable bonds is 7. The van der Waals surface area contributed by atoms with E-state index < -0.39 is 6.10 Å². The molecule has 2 aromatic rings. The standard InChI is InChI=1S/C17H19NO4S/c1-12(22-16(19)10-9-13-6-5-11-23-13)17(20)18-14-7-3-4-8-15(14)21-2/h3-8,11-12H,9-10H2,1-2H3,(H,18,20)/t12-/m0/s1. The molecule has 0 aliphatic rings. The molecule has 122 valence electrons. The first-order valence-corrected chi connectivity index (χ1v) is 8.14. The van der Waals surface area contributed by atoms with Crippen molar-refractivity contribution in [1.82, 2.24) is 0 Å². The molecule has 0 saturated carbocycles. The molecule has 1 amide bonds. The molecule has 0 fully saturated rings. The van der Waals surface area contributed by atoms with Crippen LogP contribution in [0.3, 0.4) is 0 Å². The fourth-order valence-corrected chi connectivity index (χ4v) is 2.68. The highest BCUT2D eigenvalue weighted by Gasteiger charge is 2.19. The number of carbonyl (C=O) groups excluding carboxylic acids is 2. The molecule has 0 unspecified atom stereocenters. The van der Waals surface area contributed by atoms with E-state index in [0.717, 1.165) is 4.88 Å². The van der Waals surface area contributed by atoms with E-state index >= 15 is 0 Å². The van der Waals surface area contributed by atoms with Gasteiger partial charge in [0.1, 0.15) is 5.75 Å². The SMILES string of the molecule is COc1ccccc1NC(=O)[C@H](C)OC(=O)CCc1cccs1. The van der Waals surface area contributed by atoms with Gasteiger partial charge < -0.3 is 14.8 Å². The second kappa shape index (κ2) is 8.33. The Hall–Kier alpha value is -2.34. The van der Waals surface area contributed by atoms with Crippen molar-refractivity contribution in [3.05, 3.63) is 46.7 Å². The highest BCUT2D eigenvalue weighted by atomic mass is 32.1. The molecular weight excluding hydrogens is 314 g/mol. The van der Waals surface area contributed by atoms with Crippen LogP contribution in [0.15, 0.2) is 41.8 Å². The maximum atomic E-state index is 12.1. The number of amides is 1. The minimum absolute atomic E-state index is 0.257. The zero-order valence-electron chi connectivity index (χ0n) is 13.1. The Morgan fingerprint density at radius 3 is 2.70 bits per heavy atom. The number of nitrogens with one attached hydrogen (secondary N) is 1. The Morgan fingerprint density at radius 2 is 2.00 bits per heavy atom. The molecule has 23 heavy (non-hydrogen) atoms. The number of carbonyl (C=O) groups is 2. The Kier molecular flexibility index (Phi) is 6.17. The lowest BCUT2D eigenvalue weighted by Gasteiger charge is -2.15. The third kappa shape index (κ3) is 5.10. The molecule has 0 aliphatic heterocycles. The number of aryl methyl sites for hydroxylation is 1. The van der Waals surface area contributed by atoms with Crippen molar-refractivity contribution in [2.45, 2.75) is 25.9 Å². The van der Waals surface area contributed by atoms with Gasteiger partial charge in [0.2, 0.25) is 0 Å². The minimum atomic E-state index is -0.865. The van der Waals surface area contributed by atoms with E-state index in [-0.39, 0.29) is 18.3 Å². The number of hydrogen-bond donors (Lipinski definition) is 1. The largest absolute Gasteiger partial charge is 0.495 e. The van der Waals surface area contributed by atoms with Gasteiger partial charge in [-0.05, 0) is 36.9 Å². The predicted molar refractivity (Wildman–Crippen MR) is 89.8 cm³/mol. The molecule has 0 bridgehead atoms. The summed E-state index contributed by atoms with van der Waals surface area (Å²) in [6.07, 6.45) is 0.0141. The molecule has 1 atom stereocenters. The van der Waals surface area contributed by atoms with Gasteiger partial charge in [0.15, 0.2) is 6.10 Å². The summed E-state index contributed by atoms with van der Waals surface area (Å²) >= 11 is 1.60. The summed E-state index contributed by atoms with van der Waals surface area (Å²) in [4.78, 5) is 25.0. The molecular formula is C17H19NO4S. The summed E-state index contributed by atoms with van der Waals surface area (Å²) in [5.41, 5.74) is 0.543. The summed E-state index contributed by atoms with van der Waals surface area (Å²) in [7, 11) is 1.53. The van der Waals surface area contributed by atoms with Crippen LogP contribution < -0.4 is 10.1 Å². The van der Waals surface area contributed by atoms with Crippen LogP contribution in [0.25, 0.3) is 0 Å². The Balaban J connectivity index is 1.83. The third-order valence-electron chi connectivity index (χ3n) is 3.20. The molecule has 1 heterocycles. The second-order valence-corrected chi connectivity index (χ2v) is 5.93. The first kappa shape index (κ1) is 17.0. The maximum absolute atomic E-state index is 12.1. The fraction of sp³-hybridized carbons (Fsp3) is 0.294. The molecule has 6 heteroatoms. The van der Waals surface area contributed by atoms with Gasteiger partial charge in [-0.15, -0.1) is 11.3 Å². The van der Waals surface area contributed by atoms with Crippen molar-refractivity contribution >= 4 is 28.9 Å². The van der Waals surface area contributed by atoms with Crippen LogP contribution in [0.5, 0.6) is 5.75 Å². The van der Waals surface area contributed by atoms with E-state index in [1.54, 1.807) is 36.5 Å². The Labute approximate surface area is 139 Å². The van der Waals surface area contributed by atoms with Gasteiger partial charge in [0.05, 0.1) is 19.2 Å². The molecule has 0 radical (unpaired) electrons. The lowest BCUT2D eigenvalue weighted by Crippen LogP contribution is -2.30. The number of thiophene rings is 1. The van der Waals surface area contributed by atoms with E-state index in [4.69, 9.17) is 9.47 Å². The van der Waals surface area contributed by atoms with Gasteiger partial charge in [-0.25, -0.2) is 0 Å². The summed E-state index contributed by atoms with van der Waals surface area (Å²) in [6.45, 7) is 1.55. The van der Waals surface area contributed by atoms with Crippen LogP contribution in [-0.4, -0.2) is 25.1 Å². The van der Waals surface area contributed by atoms with Crippen molar-refractivity contribution in [3.63, 3.8) is 0 Å². The number of methoxy groups -OCH3 is 1. The van der Waals surface area contributed by atoms with Crippen molar-refractivity contribution in [2.24, 2.45) is 0 Å². The van der Waals surface area contributed by atoms with Crippen molar-refractivity contribution in [3.8, 4) is 5.75 Å². The third-order valence-corrected chi connectivity index (χ3v) is 4.13. The van der Waals surface area contributed by atoms with Gasteiger partial charge >= 0.3 is 5.97 Å². The molecule has 1 aromatic heterocycles. The van der Waals surface area contributed by atoms with E-state index in [1.165, 1.54) is 7.11 Å². The average molecular weight is 333 g/mol. The van der Waals surface area contributed by atoms with Gasteiger partial charge in [-0.2, -0.15) is 0 Å². The number of benzene rings is 1.